The number of nitrogens with two attached hydrogens (primary N) is 2. The third-order valence-corrected chi connectivity index (χ3v) is 5.17. The molecular formula is C23H24N6O3. The van der Waals surface area contributed by atoms with E-state index in [0.29, 0.717) is 18.0 Å². The number of benzene rings is 2. The van der Waals surface area contributed by atoms with Gasteiger partial charge in [-0.3, -0.25) is 14.6 Å². The SMILES string of the molecule is CN1C(=O)C(NC(=O)/C(N)=C/N(N)Cc2ccccc2)COc2ccc3ncccc3c21. The van der Waals surface area contributed by atoms with Crippen molar-refractivity contribution >= 4 is 28.4 Å². The standard InChI is InChI=1S/C23H24N6O3/c1-28-21-16-8-5-11-26-18(16)9-10-20(21)32-14-19(23(28)31)27-22(30)17(24)13-29(25)12-15-6-3-2-4-7-15/h2-11,13,19H,12,14,24-25H2,1H3,(H,27,30)/b17-13-. The number of hydrogen-bond donors (Lipinski definition) is 3. The van der Waals surface area contributed by atoms with E-state index in [9.17, 15) is 9.59 Å². The molecule has 0 saturated heterocycles. The summed E-state index contributed by atoms with van der Waals surface area (Å²) in [5.74, 6) is 5.56. The van der Waals surface area contributed by atoms with Gasteiger partial charge in [0.2, 0.25) is 0 Å². The first kappa shape index (κ1) is 21.1. The Hall–Kier alpha value is -4.11. The summed E-state index contributed by atoms with van der Waals surface area (Å²) < 4.78 is 5.85. The van der Waals surface area contributed by atoms with Crippen molar-refractivity contribution in [3.63, 3.8) is 0 Å². The van der Waals surface area contributed by atoms with Gasteiger partial charge in [0, 0.05) is 24.8 Å². The van der Waals surface area contributed by atoms with Crippen molar-refractivity contribution in [1.82, 2.24) is 15.3 Å². The zero-order valence-corrected chi connectivity index (χ0v) is 17.6. The molecule has 0 spiro atoms. The van der Waals surface area contributed by atoms with Gasteiger partial charge >= 0.3 is 0 Å². The largest absolute Gasteiger partial charge is 0.489 e. The maximum Gasteiger partial charge on any atom is 0.269 e. The molecule has 1 aromatic heterocycles. The molecule has 2 aromatic carbocycles. The van der Waals surface area contributed by atoms with Crippen LogP contribution in [0.5, 0.6) is 5.75 Å². The van der Waals surface area contributed by atoms with Crippen molar-refractivity contribution in [3.8, 4) is 5.75 Å². The summed E-state index contributed by atoms with van der Waals surface area (Å²) in [7, 11) is 1.64. The summed E-state index contributed by atoms with van der Waals surface area (Å²) in [6.45, 7) is 0.344. The lowest BCUT2D eigenvalue weighted by Crippen LogP contribution is -2.50. The molecule has 0 saturated carbocycles. The van der Waals surface area contributed by atoms with E-state index in [0.717, 1.165) is 16.5 Å². The molecule has 32 heavy (non-hydrogen) atoms. The third kappa shape index (κ3) is 4.33. The molecular weight excluding hydrogens is 408 g/mol. The molecule has 0 aliphatic carbocycles. The Labute approximate surface area is 185 Å². The van der Waals surface area contributed by atoms with Gasteiger partial charge in [0.15, 0.2) is 0 Å². The van der Waals surface area contributed by atoms with Crippen LogP contribution in [0.15, 0.2) is 72.7 Å². The average Bonchev–Trinajstić information content (AvgIpc) is 2.91. The van der Waals surface area contributed by atoms with Gasteiger partial charge in [0.25, 0.3) is 11.8 Å². The Kier molecular flexibility index (Phi) is 5.91. The van der Waals surface area contributed by atoms with Crippen molar-refractivity contribution in [2.45, 2.75) is 12.6 Å². The lowest BCUT2D eigenvalue weighted by Gasteiger charge is -2.21. The Morgan fingerprint density at radius 2 is 2.03 bits per heavy atom. The molecule has 1 aliphatic heterocycles. The second kappa shape index (κ2) is 8.94. The van der Waals surface area contributed by atoms with Gasteiger partial charge in [-0.1, -0.05) is 30.3 Å². The van der Waals surface area contributed by atoms with Crippen LogP contribution in [0.2, 0.25) is 0 Å². The molecule has 0 bridgehead atoms. The van der Waals surface area contributed by atoms with Crippen LogP contribution >= 0.6 is 0 Å². The second-order valence-electron chi connectivity index (χ2n) is 7.46. The van der Waals surface area contributed by atoms with E-state index in [-0.39, 0.29) is 18.2 Å². The van der Waals surface area contributed by atoms with Gasteiger partial charge in [-0.2, -0.15) is 0 Å². The highest BCUT2D eigenvalue weighted by molar-refractivity contribution is 6.08. The van der Waals surface area contributed by atoms with Crippen LogP contribution in [0.1, 0.15) is 5.56 Å². The number of nitrogens with one attached hydrogen (secondary N) is 1. The van der Waals surface area contributed by atoms with Gasteiger partial charge in [0.1, 0.15) is 24.1 Å². The highest BCUT2D eigenvalue weighted by Gasteiger charge is 2.32. The Morgan fingerprint density at radius 1 is 1.25 bits per heavy atom. The first-order valence-electron chi connectivity index (χ1n) is 10.1. The highest BCUT2D eigenvalue weighted by Crippen LogP contribution is 2.37. The summed E-state index contributed by atoms with van der Waals surface area (Å²) >= 11 is 0. The molecule has 1 aliphatic rings. The van der Waals surface area contributed by atoms with Crippen molar-refractivity contribution in [3.05, 3.63) is 78.3 Å². The fourth-order valence-corrected chi connectivity index (χ4v) is 3.59. The van der Waals surface area contributed by atoms with E-state index in [4.69, 9.17) is 16.3 Å². The molecule has 9 heteroatoms. The molecule has 5 N–H and O–H groups in total. The molecule has 1 unspecified atom stereocenters. The minimum atomic E-state index is -0.918. The quantitative estimate of drug-likeness (QED) is 0.315. The predicted octanol–water partition coefficient (Wildman–Crippen LogP) is 1.25. The van der Waals surface area contributed by atoms with Gasteiger partial charge < -0.3 is 25.7 Å². The number of aromatic nitrogens is 1. The van der Waals surface area contributed by atoms with E-state index < -0.39 is 11.9 Å². The molecule has 0 radical (unpaired) electrons. The van der Waals surface area contributed by atoms with Crippen LogP contribution in [-0.2, 0) is 16.1 Å². The van der Waals surface area contributed by atoms with Crippen LogP contribution in [-0.4, -0.2) is 41.5 Å². The Balaban J connectivity index is 1.48. The second-order valence-corrected chi connectivity index (χ2v) is 7.46. The number of likely N-dealkylation sites (N-methyl/N-ethyl adjacent to an activating group) is 1. The lowest BCUT2D eigenvalue weighted by molar-refractivity contribution is -0.126. The lowest BCUT2D eigenvalue weighted by atomic mass is 10.1. The molecule has 2 amide bonds. The summed E-state index contributed by atoms with van der Waals surface area (Å²) in [5, 5.41) is 4.75. The first-order valence-corrected chi connectivity index (χ1v) is 10.1. The van der Waals surface area contributed by atoms with Crippen LogP contribution in [0, 0.1) is 0 Å². The molecule has 1 atom stereocenters. The number of hydrogen-bond acceptors (Lipinski definition) is 7. The maximum absolute atomic E-state index is 13.1. The molecule has 164 valence electrons. The number of rotatable bonds is 5. The topological polar surface area (TPSA) is 127 Å². The number of carbonyl (C=O) groups excluding carboxylic acids is 2. The molecule has 2 heterocycles. The fraction of sp³-hybridized carbons (Fsp3) is 0.174. The zero-order valence-electron chi connectivity index (χ0n) is 17.6. The monoisotopic (exact) mass is 432 g/mol. The van der Waals surface area contributed by atoms with Crippen LogP contribution in [0.25, 0.3) is 10.9 Å². The molecule has 0 fully saturated rings. The predicted molar refractivity (Wildman–Crippen MR) is 121 cm³/mol. The number of anilines is 1. The van der Waals surface area contributed by atoms with E-state index in [1.807, 2.05) is 42.5 Å². The average molecular weight is 432 g/mol. The van der Waals surface area contributed by atoms with Gasteiger partial charge in [-0.15, -0.1) is 0 Å². The summed E-state index contributed by atoms with van der Waals surface area (Å²) in [5.41, 5.74) is 8.12. The fourth-order valence-electron chi connectivity index (χ4n) is 3.59. The van der Waals surface area contributed by atoms with E-state index in [1.54, 1.807) is 25.4 Å². The summed E-state index contributed by atoms with van der Waals surface area (Å²) in [4.78, 5) is 31.5. The number of ether oxygens (including phenoxy) is 1. The van der Waals surface area contributed by atoms with Crippen LogP contribution in [0.3, 0.4) is 0 Å². The molecule has 3 aromatic rings. The van der Waals surface area contributed by atoms with Gasteiger partial charge in [-0.25, -0.2) is 5.84 Å². The Bertz CT molecular complexity index is 1180. The van der Waals surface area contributed by atoms with E-state index in [1.165, 1.54) is 16.1 Å². The number of fused-ring (bicyclic) bond motifs is 3. The smallest absolute Gasteiger partial charge is 0.269 e. The molecule has 9 nitrogen and oxygen atoms in total. The van der Waals surface area contributed by atoms with Crippen molar-refractivity contribution in [1.29, 1.82) is 0 Å². The summed E-state index contributed by atoms with van der Waals surface area (Å²) in [6, 6.07) is 15.9. The number of nitrogens with zero attached hydrogens (tertiary/aromatic N) is 3. The third-order valence-electron chi connectivity index (χ3n) is 5.17. The first-order chi connectivity index (χ1) is 15.4. The normalized spacial score (nSPS) is 16.2. The number of amides is 2. The van der Waals surface area contributed by atoms with Gasteiger partial charge in [0.05, 0.1) is 17.7 Å². The van der Waals surface area contributed by atoms with Gasteiger partial charge in [-0.05, 0) is 29.8 Å². The minimum absolute atomic E-state index is 0.0304. The minimum Gasteiger partial charge on any atom is -0.489 e. The number of carbonyl (C=O) groups is 2. The van der Waals surface area contributed by atoms with Crippen molar-refractivity contribution in [2.75, 3.05) is 18.6 Å². The number of hydrazine groups is 1. The summed E-state index contributed by atoms with van der Waals surface area (Å²) in [6.07, 6.45) is 3.02. The van der Waals surface area contributed by atoms with E-state index in [2.05, 4.69) is 10.3 Å². The van der Waals surface area contributed by atoms with Crippen LogP contribution < -0.4 is 26.5 Å². The molecule has 4 rings (SSSR count). The zero-order chi connectivity index (χ0) is 22.7. The number of pyridine rings is 1. The van der Waals surface area contributed by atoms with Crippen LogP contribution in [0.4, 0.5) is 5.69 Å². The highest BCUT2D eigenvalue weighted by atomic mass is 16.5. The van der Waals surface area contributed by atoms with E-state index >= 15 is 0 Å². The maximum atomic E-state index is 13.1. The van der Waals surface area contributed by atoms with Crippen molar-refractivity contribution < 1.29 is 14.3 Å². The Morgan fingerprint density at radius 3 is 2.81 bits per heavy atom. The van der Waals surface area contributed by atoms with Crippen molar-refractivity contribution in [2.24, 2.45) is 11.6 Å².